The molecule has 0 rings (SSSR count). The SMILES string of the molecule is COCCCCOC(C)(C)C(C)(C)O. The molecule has 0 fully saturated rings. The summed E-state index contributed by atoms with van der Waals surface area (Å²) in [6.45, 7) is 8.78. The molecule has 86 valence electrons. The van der Waals surface area contributed by atoms with E-state index in [0.29, 0.717) is 6.61 Å². The van der Waals surface area contributed by atoms with Gasteiger partial charge in [0.1, 0.15) is 0 Å². The van der Waals surface area contributed by atoms with Gasteiger partial charge in [-0.1, -0.05) is 0 Å². The first-order valence-electron chi connectivity index (χ1n) is 5.16. The summed E-state index contributed by atoms with van der Waals surface area (Å²) in [5, 5.41) is 9.80. The lowest BCUT2D eigenvalue weighted by atomic mass is 9.89. The van der Waals surface area contributed by atoms with Crippen molar-refractivity contribution < 1.29 is 14.6 Å². The van der Waals surface area contributed by atoms with Crippen LogP contribution in [0.15, 0.2) is 0 Å². The predicted octanol–water partition coefficient (Wildman–Crippen LogP) is 1.98. The van der Waals surface area contributed by atoms with Crippen molar-refractivity contribution in [3.63, 3.8) is 0 Å². The maximum absolute atomic E-state index is 9.80. The van der Waals surface area contributed by atoms with Crippen LogP contribution in [-0.2, 0) is 9.47 Å². The first-order chi connectivity index (χ1) is 6.31. The molecule has 3 heteroatoms. The number of hydrogen-bond acceptors (Lipinski definition) is 3. The van der Waals surface area contributed by atoms with E-state index in [1.165, 1.54) is 0 Å². The van der Waals surface area contributed by atoms with Gasteiger partial charge in [-0.2, -0.15) is 0 Å². The zero-order valence-corrected chi connectivity index (χ0v) is 10.1. The van der Waals surface area contributed by atoms with Gasteiger partial charge in [-0.25, -0.2) is 0 Å². The highest BCUT2D eigenvalue weighted by atomic mass is 16.5. The summed E-state index contributed by atoms with van der Waals surface area (Å²) >= 11 is 0. The van der Waals surface area contributed by atoms with Crippen LogP contribution in [0.2, 0.25) is 0 Å². The second-order valence-corrected chi connectivity index (χ2v) is 4.62. The van der Waals surface area contributed by atoms with E-state index in [9.17, 15) is 5.11 Å². The Morgan fingerprint density at radius 3 is 1.93 bits per heavy atom. The Morgan fingerprint density at radius 2 is 1.50 bits per heavy atom. The Hall–Kier alpha value is -0.120. The predicted molar refractivity (Wildman–Crippen MR) is 57.4 cm³/mol. The molecular formula is C11H24O3. The summed E-state index contributed by atoms with van der Waals surface area (Å²) in [5.41, 5.74) is -1.31. The van der Waals surface area contributed by atoms with E-state index in [2.05, 4.69) is 0 Å². The van der Waals surface area contributed by atoms with Crippen LogP contribution in [0.3, 0.4) is 0 Å². The van der Waals surface area contributed by atoms with E-state index in [1.807, 2.05) is 13.8 Å². The molecule has 0 amide bonds. The Balaban J connectivity index is 3.67. The van der Waals surface area contributed by atoms with Crippen molar-refractivity contribution in [2.24, 2.45) is 0 Å². The van der Waals surface area contributed by atoms with Crippen LogP contribution in [0.25, 0.3) is 0 Å². The molecule has 0 radical (unpaired) electrons. The summed E-state index contributed by atoms with van der Waals surface area (Å²) in [4.78, 5) is 0. The van der Waals surface area contributed by atoms with Crippen LogP contribution in [0, 0.1) is 0 Å². The summed E-state index contributed by atoms with van der Waals surface area (Å²) in [6, 6.07) is 0. The molecule has 0 aliphatic heterocycles. The Morgan fingerprint density at radius 1 is 1.00 bits per heavy atom. The monoisotopic (exact) mass is 204 g/mol. The Bertz CT molecular complexity index is 147. The minimum Gasteiger partial charge on any atom is -0.387 e. The quantitative estimate of drug-likeness (QED) is 0.644. The molecule has 0 aliphatic rings. The second kappa shape index (κ2) is 5.69. The fourth-order valence-corrected chi connectivity index (χ4v) is 0.852. The highest BCUT2D eigenvalue weighted by Gasteiger charge is 2.35. The zero-order chi connectivity index (χ0) is 11.2. The van der Waals surface area contributed by atoms with E-state index in [4.69, 9.17) is 9.47 Å². The van der Waals surface area contributed by atoms with Gasteiger partial charge in [0.2, 0.25) is 0 Å². The molecule has 0 unspecified atom stereocenters. The molecule has 0 bridgehead atoms. The van der Waals surface area contributed by atoms with E-state index in [0.717, 1.165) is 19.4 Å². The normalized spacial score (nSPS) is 13.3. The maximum Gasteiger partial charge on any atom is 0.0906 e. The number of methoxy groups -OCH3 is 1. The van der Waals surface area contributed by atoms with E-state index < -0.39 is 11.2 Å². The molecule has 0 saturated carbocycles. The fourth-order valence-electron chi connectivity index (χ4n) is 0.852. The van der Waals surface area contributed by atoms with Gasteiger partial charge in [-0.15, -0.1) is 0 Å². The molecule has 0 aromatic rings. The average molecular weight is 204 g/mol. The van der Waals surface area contributed by atoms with Gasteiger partial charge in [-0.05, 0) is 40.5 Å². The van der Waals surface area contributed by atoms with Crippen LogP contribution < -0.4 is 0 Å². The van der Waals surface area contributed by atoms with Crippen LogP contribution >= 0.6 is 0 Å². The minimum atomic E-state index is -0.811. The molecule has 0 aliphatic carbocycles. The second-order valence-electron chi connectivity index (χ2n) is 4.62. The van der Waals surface area contributed by atoms with Crippen LogP contribution in [0.5, 0.6) is 0 Å². The molecule has 0 atom stereocenters. The zero-order valence-electron chi connectivity index (χ0n) is 10.1. The minimum absolute atomic E-state index is 0.500. The average Bonchev–Trinajstić information content (AvgIpc) is 2.02. The van der Waals surface area contributed by atoms with Crippen LogP contribution in [0.1, 0.15) is 40.5 Å². The van der Waals surface area contributed by atoms with Gasteiger partial charge in [0.05, 0.1) is 11.2 Å². The molecule has 3 nitrogen and oxygen atoms in total. The highest BCUT2D eigenvalue weighted by Crippen LogP contribution is 2.24. The lowest BCUT2D eigenvalue weighted by molar-refractivity contribution is -0.148. The van der Waals surface area contributed by atoms with Crippen molar-refractivity contribution in [2.45, 2.75) is 51.7 Å². The number of ether oxygens (including phenoxy) is 2. The lowest BCUT2D eigenvalue weighted by Crippen LogP contribution is -2.47. The van der Waals surface area contributed by atoms with Gasteiger partial charge in [0, 0.05) is 20.3 Å². The first kappa shape index (κ1) is 13.9. The van der Waals surface area contributed by atoms with Crippen molar-refractivity contribution in [3.8, 4) is 0 Å². The summed E-state index contributed by atoms with van der Waals surface area (Å²) < 4.78 is 10.6. The van der Waals surface area contributed by atoms with Crippen molar-refractivity contribution >= 4 is 0 Å². The Kier molecular flexibility index (Phi) is 5.64. The Labute approximate surface area is 87.4 Å². The van der Waals surface area contributed by atoms with E-state index in [-0.39, 0.29) is 0 Å². The fraction of sp³-hybridized carbons (Fsp3) is 1.00. The molecule has 1 N–H and O–H groups in total. The van der Waals surface area contributed by atoms with Crippen LogP contribution in [-0.4, -0.2) is 36.6 Å². The van der Waals surface area contributed by atoms with Crippen LogP contribution in [0.4, 0.5) is 0 Å². The van der Waals surface area contributed by atoms with Gasteiger partial charge >= 0.3 is 0 Å². The third-order valence-corrected chi connectivity index (χ3v) is 2.68. The summed E-state index contributed by atoms with van der Waals surface area (Å²) in [7, 11) is 1.70. The van der Waals surface area contributed by atoms with Crippen molar-refractivity contribution in [1.82, 2.24) is 0 Å². The standard InChI is InChI=1S/C11H24O3/c1-10(2,12)11(3,4)14-9-7-6-8-13-5/h12H,6-9H2,1-5H3. The number of hydrogen-bond donors (Lipinski definition) is 1. The number of unbranched alkanes of at least 4 members (excludes halogenated alkanes) is 1. The molecule has 0 spiro atoms. The molecule has 14 heavy (non-hydrogen) atoms. The first-order valence-corrected chi connectivity index (χ1v) is 5.16. The van der Waals surface area contributed by atoms with Crippen molar-refractivity contribution in [3.05, 3.63) is 0 Å². The third-order valence-electron chi connectivity index (χ3n) is 2.68. The molecular weight excluding hydrogens is 180 g/mol. The topological polar surface area (TPSA) is 38.7 Å². The highest BCUT2D eigenvalue weighted by molar-refractivity contribution is 4.87. The molecule has 0 saturated heterocycles. The van der Waals surface area contributed by atoms with Gasteiger partial charge in [0.25, 0.3) is 0 Å². The summed E-state index contributed by atoms with van der Waals surface area (Å²) in [5.74, 6) is 0. The largest absolute Gasteiger partial charge is 0.387 e. The van der Waals surface area contributed by atoms with Gasteiger partial charge in [-0.3, -0.25) is 0 Å². The molecule has 0 aromatic carbocycles. The maximum atomic E-state index is 9.80. The molecule has 0 heterocycles. The van der Waals surface area contributed by atoms with E-state index >= 15 is 0 Å². The van der Waals surface area contributed by atoms with E-state index in [1.54, 1.807) is 21.0 Å². The molecule has 0 aromatic heterocycles. The smallest absolute Gasteiger partial charge is 0.0906 e. The lowest BCUT2D eigenvalue weighted by Gasteiger charge is -2.37. The third kappa shape index (κ3) is 4.94. The van der Waals surface area contributed by atoms with Crippen molar-refractivity contribution in [2.75, 3.05) is 20.3 Å². The summed E-state index contributed by atoms with van der Waals surface area (Å²) in [6.07, 6.45) is 1.96. The van der Waals surface area contributed by atoms with Gasteiger partial charge < -0.3 is 14.6 Å². The number of rotatable bonds is 7. The van der Waals surface area contributed by atoms with Gasteiger partial charge in [0.15, 0.2) is 0 Å². The van der Waals surface area contributed by atoms with Crippen molar-refractivity contribution in [1.29, 1.82) is 0 Å². The number of aliphatic hydroxyl groups is 1.